The van der Waals surface area contributed by atoms with E-state index in [4.69, 9.17) is 34.4 Å². The normalized spacial score (nSPS) is 14.3. The van der Waals surface area contributed by atoms with E-state index in [0.29, 0.717) is 11.1 Å². The summed E-state index contributed by atoms with van der Waals surface area (Å²) in [7, 11) is 0. The van der Waals surface area contributed by atoms with Crippen molar-refractivity contribution in [2.75, 3.05) is 13.1 Å². The molecule has 11 atom stereocenters. The highest BCUT2D eigenvalue weighted by atomic mass is 16.4. The fourth-order valence-electron chi connectivity index (χ4n) is 10.8. The summed E-state index contributed by atoms with van der Waals surface area (Å²) in [5.41, 5.74) is 35.6. The molecule has 0 heterocycles. The fraction of sp³-hybridized carbons (Fsp3) is 0.521. The zero-order chi connectivity index (χ0) is 78.6. The summed E-state index contributed by atoms with van der Waals surface area (Å²) in [4.78, 5) is 208. The molecule has 0 radical (unpaired) electrons. The molecule has 34 heteroatoms. The Balaban J connectivity index is 1.89. The van der Waals surface area contributed by atoms with Crippen molar-refractivity contribution >= 4 is 94.6 Å². The topological polar surface area (TPSA) is 577 Å². The molecule has 3 rings (SSSR count). The van der Waals surface area contributed by atoms with Gasteiger partial charge >= 0.3 is 5.97 Å². The van der Waals surface area contributed by atoms with Crippen molar-refractivity contribution in [3.05, 3.63) is 108 Å². The molecule has 0 fully saturated rings. The van der Waals surface area contributed by atoms with E-state index in [-0.39, 0.29) is 82.1 Å². The molecule has 0 aliphatic heterocycles. The Hall–Kier alpha value is -11.1. The molecule has 105 heavy (non-hydrogen) atoms. The zero-order valence-corrected chi connectivity index (χ0v) is 60.7. The van der Waals surface area contributed by atoms with Crippen LogP contribution in [0.2, 0.25) is 0 Å². The van der Waals surface area contributed by atoms with E-state index in [1.54, 1.807) is 146 Å². The van der Waals surface area contributed by atoms with E-state index in [2.05, 4.69) is 63.5 Å². The molecule has 34 nitrogen and oxygen atoms in total. The first-order chi connectivity index (χ1) is 49.4. The highest BCUT2D eigenvalue weighted by Gasteiger charge is 2.38. The Bertz CT molecular complexity index is 3470. The van der Waals surface area contributed by atoms with Gasteiger partial charge in [0.2, 0.25) is 82.7 Å². The number of aliphatic carboxylic acids is 1. The number of rotatable bonds is 47. The molecule has 14 amide bonds. The van der Waals surface area contributed by atoms with Crippen LogP contribution in [0.25, 0.3) is 0 Å². The number of nitrogens with zero attached hydrogens (tertiary/aromatic N) is 1. The van der Waals surface area contributed by atoms with Gasteiger partial charge in [0.15, 0.2) is 5.96 Å². The SMILES string of the molecule is CC(C)C[C@H](NC(=O)[C@H](CC(N)=O)NC(=O)[C@H](CCC(N)=O)NC(=O)[C@H](CC(C)C)NC(=O)[C@@H](NC(=O)CNC(=O)[C@H](CCC(N)=O)NC(=O)[C@@H](N)Cc1ccccc1)C(C)C)C(=O)N[C@@H](CCCN=C(N)N)C(=O)N[C@@H](Cc1ccccc1)C(=O)N[C@H](C(=O)N[C@@H](Cc1ccccc1)C(=O)O)C(C)C. The van der Waals surface area contributed by atoms with Crippen LogP contribution >= 0.6 is 0 Å². The monoisotopic (exact) mass is 1470 g/mol. The number of carbonyl (C=O) groups is 15. The van der Waals surface area contributed by atoms with Crippen LogP contribution in [0, 0.1) is 23.7 Å². The quantitative estimate of drug-likeness (QED) is 0.0152. The smallest absolute Gasteiger partial charge is 0.326 e. The number of hydrogen-bond donors (Lipinski definition) is 18. The molecule has 576 valence electrons. The third-order valence-electron chi connectivity index (χ3n) is 16.3. The second kappa shape index (κ2) is 45.1. The van der Waals surface area contributed by atoms with E-state index in [1.807, 2.05) is 0 Å². The highest BCUT2D eigenvalue weighted by molar-refractivity contribution is 6.00. The number of aliphatic imine (C=N–C) groups is 1. The van der Waals surface area contributed by atoms with Crippen LogP contribution in [-0.4, -0.2) is 179 Å². The summed E-state index contributed by atoms with van der Waals surface area (Å²) in [6, 6.07) is 9.81. The second-order valence-corrected chi connectivity index (χ2v) is 27.1. The minimum absolute atomic E-state index is 0.0390. The Morgan fingerprint density at radius 1 is 0.381 bits per heavy atom. The van der Waals surface area contributed by atoms with Crippen LogP contribution in [0.5, 0.6) is 0 Å². The molecular formula is C71H106N18O16. The maximum Gasteiger partial charge on any atom is 0.326 e. The van der Waals surface area contributed by atoms with Gasteiger partial charge in [0, 0.05) is 32.2 Å². The van der Waals surface area contributed by atoms with Gasteiger partial charge in [-0.15, -0.1) is 0 Å². The van der Waals surface area contributed by atoms with Crippen LogP contribution in [0.15, 0.2) is 96.0 Å². The number of nitrogens with two attached hydrogens (primary N) is 6. The van der Waals surface area contributed by atoms with Gasteiger partial charge in [-0.25, -0.2) is 4.79 Å². The molecule has 0 saturated carbocycles. The molecule has 0 saturated heterocycles. The second-order valence-electron chi connectivity index (χ2n) is 27.1. The summed E-state index contributed by atoms with van der Waals surface area (Å²) in [6.45, 7) is 12.4. The van der Waals surface area contributed by atoms with Crippen LogP contribution in [0.3, 0.4) is 0 Å². The first-order valence-electron chi connectivity index (χ1n) is 34.8. The van der Waals surface area contributed by atoms with Crippen molar-refractivity contribution in [2.24, 2.45) is 63.1 Å². The standard InChI is InChI=1S/C71H106N18O16/c1-38(2)31-49(64(98)81-46(25-18-30-78-71(76)77)62(96)84-51(34-43-21-14-10-15-22-43)67(101)89-59(41(7)8)69(103)87-53(70(104)105)35-44-23-16-11-17-24-44)83-66(100)52(36-56(75)92)85-63(97)48(27-29-55(74)91)82-65(99)50(32-39(3)4)86-68(102)58(40(5)6)88-57(93)37-79-61(95)47(26-28-54(73)90)80-60(94)45(72)33-42-19-12-9-13-20-42/h9-17,19-24,38-41,45-53,58-59H,18,25-37,72H2,1-8H3,(H2,73,90)(H2,74,91)(H2,75,92)(H,79,95)(H,80,94)(H,81,98)(H,82,99)(H,83,100)(H,84,96)(H,85,97)(H,86,102)(H,87,103)(H,88,93)(H,89,101)(H,104,105)(H4,76,77,78)/t45-,46-,47-,48-,49-,50-,51-,52-,53-,58-,59-/m0/s1. The number of primary amides is 3. The van der Waals surface area contributed by atoms with E-state index >= 15 is 0 Å². The van der Waals surface area contributed by atoms with Gasteiger partial charge in [-0.3, -0.25) is 72.1 Å². The van der Waals surface area contributed by atoms with Crippen molar-refractivity contribution in [3.8, 4) is 0 Å². The molecule has 0 aliphatic rings. The Labute approximate surface area is 610 Å². The molecule has 24 N–H and O–H groups in total. The molecule has 0 aliphatic carbocycles. The van der Waals surface area contributed by atoms with Gasteiger partial charge in [0.25, 0.3) is 0 Å². The Kier molecular flexibility index (Phi) is 37.9. The van der Waals surface area contributed by atoms with Crippen molar-refractivity contribution in [2.45, 2.75) is 199 Å². The van der Waals surface area contributed by atoms with Gasteiger partial charge < -0.3 is 98.0 Å². The van der Waals surface area contributed by atoms with E-state index in [1.165, 1.54) is 0 Å². The zero-order valence-electron chi connectivity index (χ0n) is 60.7. The van der Waals surface area contributed by atoms with E-state index < -0.39 is 193 Å². The van der Waals surface area contributed by atoms with Crippen LogP contribution in [0.4, 0.5) is 0 Å². The number of hydrogen-bond acceptors (Lipinski definition) is 17. The number of carboxylic acids is 1. The lowest BCUT2D eigenvalue weighted by Gasteiger charge is -2.29. The maximum absolute atomic E-state index is 14.7. The lowest BCUT2D eigenvalue weighted by molar-refractivity contribution is -0.142. The van der Waals surface area contributed by atoms with Crippen LogP contribution in [-0.2, 0) is 91.2 Å². The minimum Gasteiger partial charge on any atom is -0.480 e. The van der Waals surface area contributed by atoms with E-state index in [9.17, 15) is 77.0 Å². The average molecular weight is 1470 g/mol. The first kappa shape index (κ1) is 88.2. The summed E-state index contributed by atoms with van der Waals surface area (Å²) in [5, 5.41) is 38.0. The van der Waals surface area contributed by atoms with Crippen LogP contribution in [0.1, 0.15) is 130 Å². The predicted octanol–water partition coefficient (Wildman–Crippen LogP) is -3.05. The summed E-state index contributed by atoms with van der Waals surface area (Å²) < 4.78 is 0. The predicted molar refractivity (Wildman–Crippen MR) is 388 cm³/mol. The van der Waals surface area contributed by atoms with E-state index in [0.717, 1.165) is 5.56 Å². The van der Waals surface area contributed by atoms with Crippen molar-refractivity contribution in [1.29, 1.82) is 0 Å². The van der Waals surface area contributed by atoms with Crippen LogP contribution < -0.4 is 92.9 Å². The van der Waals surface area contributed by atoms with Gasteiger partial charge in [0.1, 0.15) is 60.4 Å². The molecule has 0 spiro atoms. The summed E-state index contributed by atoms with van der Waals surface area (Å²) >= 11 is 0. The third kappa shape index (κ3) is 33.7. The van der Waals surface area contributed by atoms with Crippen molar-refractivity contribution in [3.63, 3.8) is 0 Å². The lowest BCUT2D eigenvalue weighted by Crippen LogP contribution is -2.61. The summed E-state index contributed by atoms with van der Waals surface area (Å²) in [5.74, 6) is -16.6. The molecule has 0 aromatic heterocycles. The maximum atomic E-state index is 14.7. The van der Waals surface area contributed by atoms with Gasteiger partial charge in [-0.1, -0.05) is 146 Å². The number of carboxylic acid groups (broad SMARTS) is 1. The van der Waals surface area contributed by atoms with Crippen molar-refractivity contribution in [1.82, 2.24) is 58.5 Å². The Morgan fingerprint density at radius 2 is 0.733 bits per heavy atom. The van der Waals surface area contributed by atoms with Gasteiger partial charge in [-0.2, -0.15) is 0 Å². The Morgan fingerprint density at radius 3 is 1.16 bits per heavy atom. The number of amides is 14. The first-order valence-corrected chi connectivity index (χ1v) is 34.8. The fourth-order valence-corrected chi connectivity index (χ4v) is 10.8. The number of benzene rings is 3. The number of guanidine groups is 1. The van der Waals surface area contributed by atoms with Crippen molar-refractivity contribution < 1.29 is 77.0 Å². The van der Waals surface area contributed by atoms with Gasteiger partial charge in [-0.05, 0) is 85.3 Å². The number of carbonyl (C=O) groups excluding carboxylic acids is 14. The van der Waals surface area contributed by atoms with Gasteiger partial charge in [0.05, 0.1) is 19.0 Å². The third-order valence-corrected chi connectivity index (χ3v) is 16.3. The molecule has 3 aromatic rings. The molecule has 0 unspecified atom stereocenters. The minimum atomic E-state index is -1.88. The highest BCUT2D eigenvalue weighted by Crippen LogP contribution is 2.15. The lowest BCUT2D eigenvalue weighted by atomic mass is 9.99. The summed E-state index contributed by atoms with van der Waals surface area (Å²) in [6.07, 6.45) is -2.93. The molecule has 3 aromatic carbocycles. The molecule has 0 bridgehead atoms. The average Bonchev–Trinajstić information content (AvgIpc) is 0.859. The molecular weight excluding hydrogens is 1360 g/mol. The number of nitrogens with one attached hydrogen (secondary N) is 11. The largest absolute Gasteiger partial charge is 0.480 e.